The Morgan fingerprint density at radius 1 is 1.73 bits per heavy atom. The Kier molecular flexibility index (Phi) is 2.15. The summed E-state index contributed by atoms with van der Waals surface area (Å²) >= 11 is 0. The summed E-state index contributed by atoms with van der Waals surface area (Å²) in [6.45, 7) is 0. The minimum Gasteiger partial charge on any atom is -0.355 e. The Bertz CT molecular complexity index is 253. The average Bonchev–Trinajstić information content (AvgIpc) is 2.05. The number of nitrogens with zero attached hydrogens (tertiary/aromatic N) is 1. The number of hydrogen-bond donors (Lipinski definition) is 1. The van der Waals surface area contributed by atoms with Crippen LogP contribution in [-0.2, 0) is 9.59 Å². The Morgan fingerprint density at radius 2 is 2.45 bits per heavy atom. The van der Waals surface area contributed by atoms with E-state index in [2.05, 4.69) is 10.3 Å². The van der Waals surface area contributed by atoms with Crippen molar-refractivity contribution >= 4 is 18.0 Å². The lowest BCUT2D eigenvalue weighted by Gasteiger charge is -2.02. The number of carbonyl (C=O) groups is 2. The van der Waals surface area contributed by atoms with Gasteiger partial charge in [0.25, 0.3) is 5.91 Å². The SMILES string of the molecule is CNC(=O)C1=CCC(=O)N=C1. The molecular weight excluding hydrogens is 144 g/mol. The van der Waals surface area contributed by atoms with E-state index in [9.17, 15) is 9.59 Å². The molecule has 11 heavy (non-hydrogen) atoms. The smallest absolute Gasteiger partial charge is 0.252 e. The van der Waals surface area contributed by atoms with Crippen LogP contribution in [0.4, 0.5) is 0 Å². The van der Waals surface area contributed by atoms with Crippen LogP contribution in [0.3, 0.4) is 0 Å². The molecule has 0 saturated heterocycles. The maximum Gasteiger partial charge on any atom is 0.252 e. The molecule has 4 heteroatoms. The number of carbonyl (C=O) groups excluding carboxylic acids is 2. The largest absolute Gasteiger partial charge is 0.355 e. The van der Waals surface area contributed by atoms with Gasteiger partial charge >= 0.3 is 0 Å². The van der Waals surface area contributed by atoms with Crippen LogP contribution in [0.25, 0.3) is 0 Å². The van der Waals surface area contributed by atoms with Crippen LogP contribution in [-0.4, -0.2) is 25.1 Å². The molecule has 0 fully saturated rings. The van der Waals surface area contributed by atoms with Gasteiger partial charge < -0.3 is 5.32 Å². The van der Waals surface area contributed by atoms with Gasteiger partial charge in [0, 0.05) is 19.7 Å². The van der Waals surface area contributed by atoms with Crippen molar-refractivity contribution in [3.05, 3.63) is 11.6 Å². The van der Waals surface area contributed by atoms with Gasteiger partial charge in [0.2, 0.25) is 5.91 Å². The van der Waals surface area contributed by atoms with Crippen LogP contribution < -0.4 is 5.32 Å². The van der Waals surface area contributed by atoms with Crippen molar-refractivity contribution < 1.29 is 9.59 Å². The molecule has 1 rings (SSSR count). The zero-order valence-corrected chi connectivity index (χ0v) is 6.13. The number of dihydropyridines is 1. The fourth-order valence-corrected chi connectivity index (χ4v) is 0.740. The van der Waals surface area contributed by atoms with E-state index >= 15 is 0 Å². The topological polar surface area (TPSA) is 58.5 Å². The van der Waals surface area contributed by atoms with E-state index in [4.69, 9.17) is 0 Å². The van der Waals surface area contributed by atoms with Gasteiger partial charge in [-0.05, 0) is 0 Å². The van der Waals surface area contributed by atoms with E-state index in [0.29, 0.717) is 5.57 Å². The average molecular weight is 152 g/mol. The molecular formula is C7H8N2O2. The van der Waals surface area contributed by atoms with Crippen LogP contribution in [0.2, 0.25) is 0 Å². The lowest BCUT2D eigenvalue weighted by atomic mass is 10.2. The van der Waals surface area contributed by atoms with Crippen molar-refractivity contribution in [2.24, 2.45) is 4.99 Å². The standard InChI is InChI=1S/C7H8N2O2/c1-8-7(11)5-2-3-6(10)9-4-5/h2,4H,3H2,1H3,(H,8,11). The quantitative estimate of drug-likeness (QED) is 0.558. The number of aliphatic imine (C=N–C) groups is 1. The maximum absolute atomic E-state index is 10.9. The predicted octanol–water partition coefficient (Wildman–Crippen LogP) is -0.340. The molecule has 1 heterocycles. The molecule has 0 aromatic carbocycles. The van der Waals surface area contributed by atoms with Crippen LogP contribution >= 0.6 is 0 Å². The molecule has 0 aromatic heterocycles. The first kappa shape index (κ1) is 7.65. The summed E-state index contributed by atoms with van der Waals surface area (Å²) in [5, 5.41) is 2.44. The summed E-state index contributed by atoms with van der Waals surface area (Å²) in [6, 6.07) is 0. The first-order valence-corrected chi connectivity index (χ1v) is 3.23. The van der Waals surface area contributed by atoms with Gasteiger partial charge in [-0.15, -0.1) is 0 Å². The molecule has 1 aliphatic heterocycles. The molecule has 58 valence electrons. The number of amides is 2. The van der Waals surface area contributed by atoms with Crippen molar-refractivity contribution in [2.45, 2.75) is 6.42 Å². The summed E-state index contributed by atoms with van der Waals surface area (Å²) < 4.78 is 0. The van der Waals surface area contributed by atoms with Crippen molar-refractivity contribution in [2.75, 3.05) is 7.05 Å². The third-order valence-corrected chi connectivity index (χ3v) is 1.33. The minimum atomic E-state index is -0.211. The second-order valence-electron chi connectivity index (χ2n) is 2.09. The van der Waals surface area contributed by atoms with Crippen molar-refractivity contribution in [1.82, 2.24) is 5.32 Å². The zero-order chi connectivity index (χ0) is 8.27. The van der Waals surface area contributed by atoms with Crippen molar-refractivity contribution in [1.29, 1.82) is 0 Å². The number of hydrogen-bond acceptors (Lipinski definition) is 2. The molecule has 0 saturated carbocycles. The molecule has 1 N–H and O–H groups in total. The first-order chi connectivity index (χ1) is 5.24. The highest BCUT2D eigenvalue weighted by Gasteiger charge is 2.09. The van der Waals surface area contributed by atoms with Crippen LogP contribution in [0, 0.1) is 0 Å². The fraction of sp³-hybridized carbons (Fsp3) is 0.286. The fourth-order valence-electron chi connectivity index (χ4n) is 0.740. The molecule has 1 aliphatic rings. The summed E-state index contributed by atoms with van der Waals surface area (Å²) in [7, 11) is 1.54. The monoisotopic (exact) mass is 152 g/mol. The minimum absolute atomic E-state index is 0.207. The van der Waals surface area contributed by atoms with E-state index in [1.807, 2.05) is 0 Å². The zero-order valence-electron chi connectivity index (χ0n) is 6.13. The van der Waals surface area contributed by atoms with Gasteiger partial charge in [-0.3, -0.25) is 9.59 Å². The van der Waals surface area contributed by atoms with E-state index in [1.165, 1.54) is 13.3 Å². The number of nitrogens with one attached hydrogen (secondary N) is 1. The number of likely N-dealkylation sites (N-methyl/N-ethyl adjacent to an activating group) is 1. The first-order valence-electron chi connectivity index (χ1n) is 3.23. The predicted molar refractivity (Wildman–Crippen MR) is 40.3 cm³/mol. The molecule has 0 aliphatic carbocycles. The molecule has 0 unspecified atom stereocenters. The third kappa shape index (κ3) is 1.73. The molecule has 0 aromatic rings. The van der Waals surface area contributed by atoms with Crippen molar-refractivity contribution in [3.8, 4) is 0 Å². The van der Waals surface area contributed by atoms with Crippen LogP contribution in [0.1, 0.15) is 6.42 Å². The molecule has 2 amide bonds. The summed E-state index contributed by atoms with van der Waals surface area (Å²) in [6.07, 6.45) is 3.07. The molecule has 0 bridgehead atoms. The normalized spacial score (nSPS) is 16.1. The van der Waals surface area contributed by atoms with Crippen LogP contribution in [0.5, 0.6) is 0 Å². The van der Waals surface area contributed by atoms with Gasteiger partial charge in [-0.25, -0.2) is 4.99 Å². The van der Waals surface area contributed by atoms with E-state index < -0.39 is 0 Å². The van der Waals surface area contributed by atoms with Gasteiger partial charge in [0.1, 0.15) is 0 Å². The van der Waals surface area contributed by atoms with Gasteiger partial charge in [0.05, 0.1) is 5.57 Å². The molecule has 4 nitrogen and oxygen atoms in total. The van der Waals surface area contributed by atoms with Gasteiger partial charge in [0.15, 0.2) is 0 Å². The highest BCUT2D eigenvalue weighted by Crippen LogP contribution is 2.01. The van der Waals surface area contributed by atoms with Crippen LogP contribution in [0.15, 0.2) is 16.6 Å². The summed E-state index contributed by atoms with van der Waals surface area (Å²) in [5.74, 6) is -0.418. The maximum atomic E-state index is 10.9. The van der Waals surface area contributed by atoms with E-state index in [1.54, 1.807) is 6.08 Å². The second-order valence-corrected chi connectivity index (χ2v) is 2.09. The van der Waals surface area contributed by atoms with Crippen molar-refractivity contribution in [3.63, 3.8) is 0 Å². The summed E-state index contributed by atoms with van der Waals surface area (Å²) in [4.78, 5) is 24.9. The lowest BCUT2D eigenvalue weighted by molar-refractivity contribution is -0.117. The Labute approximate surface area is 64.0 Å². The Hall–Kier alpha value is -1.45. The van der Waals surface area contributed by atoms with E-state index in [-0.39, 0.29) is 18.2 Å². The highest BCUT2D eigenvalue weighted by atomic mass is 16.2. The van der Waals surface area contributed by atoms with E-state index in [0.717, 1.165) is 0 Å². The summed E-state index contributed by atoms with van der Waals surface area (Å²) in [5.41, 5.74) is 0.451. The molecule has 0 radical (unpaired) electrons. The molecule has 0 atom stereocenters. The second kappa shape index (κ2) is 3.09. The van der Waals surface area contributed by atoms with Gasteiger partial charge in [-0.1, -0.05) is 6.08 Å². The third-order valence-electron chi connectivity index (χ3n) is 1.33. The highest BCUT2D eigenvalue weighted by molar-refractivity contribution is 6.15. The number of rotatable bonds is 1. The van der Waals surface area contributed by atoms with Gasteiger partial charge in [-0.2, -0.15) is 0 Å². The molecule has 0 spiro atoms. The Morgan fingerprint density at radius 3 is 2.91 bits per heavy atom. The Balaban J connectivity index is 2.70. The lowest BCUT2D eigenvalue weighted by Crippen LogP contribution is -2.22.